The molecule has 114 valence electrons. The molecule has 0 unspecified atom stereocenters. The van der Waals surface area contributed by atoms with E-state index in [1.54, 1.807) is 0 Å². The fourth-order valence-corrected chi connectivity index (χ4v) is 1.94. The molecule has 1 atom stereocenters. The number of hydrogen-bond donors (Lipinski definition) is 4. The molecule has 0 heterocycles. The number of urea groups is 1. The summed E-state index contributed by atoms with van der Waals surface area (Å²) in [5, 5.41) is 22.0. The molecule has 0 aromatic rings. The molecule has 0 aromatic carbocycles. The SMILES string of the molecule is CCN(CCNC(=O)N[C@@H](CC(=O)O)C(=O)O)C1CC1. The van der Waals surface area contributed by atoms with Crippen LogP contribution in [0.25, 0.3) is 0 Å². The van der Waals surface area contributed by atoms with Gasteiger partial charge in [-0.2, -0.15) is 0 Å². The summed E-state index contributed by atoms with van der Waals surface area (Å²) in [5.41, 5.74) is 0. The predicted octanol–water partition coefficient (Wildman–Crippen LogP) is -0.302. The van der Waals surface area contributed by atoms with E-state index < -0.39 is 30.4 Å². The van der Waals surface area contributed by atoms with Gasteiger partial charge in [-0.3, -0.25) is 9.69 Å². The van der Waals surface area contributed by atoms with Crippen LogP contribution in [0, 0.1) is 0 Å². The van der Waals surface area contributed by atoms with Crippen molar-refractivity contribution in [3.8, 4) is 0 Å². The Kier molecular flexibility index (Phi) is 6.23. The van der Waals surface area contributed by atoms with Gasteiger partial charge >= 0.3 is 18.0 Å². The van der Waals surface area contributed by atoms with E-state index in [9.17, 15) is 14.4 Å². The summed E-state index contributed by atoms with van der Waals surface area (Å²) in [6.45, 7) is 4.05. The fraction of sp³-hybridized carbons (Fsp3) is 0.750. The first kappa shape index (κ1) is 16.2. The van der Waals surface area contributed by atoms with Crippen LogP contribution in [0.1, 0.15) is 26.2 Å². The van der Waals surface area contributed by atoms with E-state index in [1.807, 2.05) is 6.92 Å². The summed E-state index contributed by atoms with van der Waals surface area (Å²) in [7, 11) is 0. The van der Waals surface area contributed by atoms with Crippen LogP contribution in [0.3, 0.4) is 0 Å². The number of nitrogens with one attached hydrogen (secondary N) is 2. The zero-order valence-electron chi connectivity index (χ0n) is 11.5. The van der Waals surface area contributed by atoms with Gasteiger partial charge in [0.05, 0.1) is 6.42 Å². The molecule has 8 nitrogen and oxygen atoms in total. The Morgan fingerprint density at radius 2 is 1.95 bits per heavy atom. The summed E-state index contributed by atoms with van der Waals surface area (Å²) in [6.07, 6.45) is 1.71. The van der Waals surface area contributed by atoms with E-state index in [-0.39, 0.29) is 0 Å². The van der Waals surface area contributed by atoms with E-state index in [2.05, 4.69) is 15.5 Å². The van der Waals surface area contributed by atoms with Gasteiger partial charge < -0.3 is 20.8 Å². The molecular weight excluding hydrogens is 266 g/mol. The highest BCUT2D eigenvalue weighted by Gasteiger charge is 2.27. The number of rotatable bonds is 9. The van der Waals surface area contributed by atoms with Crippen molar-refractivity contribution in [1.82, 2.24) is 15.5 Å². The van der Waals surface area contributed by atoms with Crippen molar-refractivity contribution in [2.45, 2.75) is 38.3 Å². The summed E-state index contributed by atoms with van der Waals surface area (Å²) >= 11 is 0. The molecule has 0 saturated heterocycles. The smallest absolute Gasteiger partial charge is 0.326 e. The van der Waals surface area contributed by atoms with Gasteiger partial charge in [-0.15, -0.1) is 0 Å². The zero-order valence-corrected chi connectivity index (χ0v) is 11.5. The molecule has 0 aliphatic heterocycles. The lowest BCUT2D eigenvalue weighted by atomic mass is 10.2. The minimum atomic E-state index is -1.42. The van der Waals surface area contributed by atoms with Gasteiger partial charge in [0, 0.05) is 19.1 Å². The minimum absolute atomic E-state index is 0.398. The molecule has 0 bridgehead atoms. The molecule has 20 heavy (non-hydrogen) atoms. The number of amides is 2. The molecule has 0 aromatic heterocycles. The first-order valence-corrected chi connectivity index (χ1v) is 6.67. The van der Waals surface area contributed by atoms with E-state index in [0.29, 0.717) is 19.1 Å². The highest BCUT2D eigenvalue weighted by molar-refractivity contribution is 5.86. The van der Waals surface area contributed by atoms with Crippen LogP contribution in [0.4, 0.5) is 4.79 Å². The lowest BCUT2D eigenvalue weighted by Gasteiger charge is -2.20. The van der Waals surface area contributed by atoms with Gasteiger partial charge in [0.15, 0.2) is 0 Å². The van der Waals surface area contributed by atoms with Gasteiger partial charge in [-0.1, -0.05) is 6.92 Å². The number of aliphatic carboxylic acids is 2. The molecule has 1 aliphatic carbocycles. The zero-order chi connectivity index (χ0) is 15.1. The van der Waals surface area contributed by atoms with Gasteiger partial charge in [-0.25, -0.2) is 9.59 Å². The standard InChI is InChI=1S/C12H21N3O5/c1-2-15(8-3-4-8)6-5-13-12(20)14-9(11(18)19)7-10(16)17/h8-9H,2-7H2,1H3,(H,16,17)(H,18,19)(H2,13,14,20)/t9-/m0/s1. The van der Waals surface area contributed by atoms with Crippen molar-refractivity contribution in [3.63, 3.8) is 0 Å². The quantitative estimate of drug-likeness (QED) is 0.462. The van der Waals surface area contributed by atoms with E-state index in [0.717, 1.165) is 6.54 Å². The highest BCUT2D eigenvalue weighted by atomic mass is 16.4. The van der Waals surface area contributed by atoms with Crippen LogP contribution in [0.15, 0.2) is 0 Å². The minimum Gasteiger partial charge on any atom is -0.481 e. The molecule has 1 saturated carbocycles. The van der Waals surface area contributed by atoms with Crippen LogP contribution in [0.2, 0.25) is 0 Å². The van der Waals surface area contributed by atoms with Crippen molar-refractivity contribution < 1.29 is 24.6 Å². The first-order valence-electron chi connectivity index (χ1n) is 6.67. The van der Waals surface area contributed by atoms with Crippen LogP contribution >= 0.6 is 0 Å². The summed E-state index contributed by atoms with van der Waals surface area (Å²) in [5.74, 6) is -2.64. The third-order valence-electron chi connectivity index (χ3n) is 3.14. The lowest BCUT2D eigenvalue weighted by Crippen LogP contribution is -2.48. The Bertz CT molecular complexity index is 370. The maximum atomic E-state index is 11.5. The number of carbonyl (C=O) groups excluding carboxylic acids is 1. The molecular formula is C12H21N3O5. The third kappa shape index (κ3) is 5.87. The van der Waals surface area contributed by atoms with E-state index in [4.69, 9.17) is 10.2 Å². The van der Waals surface area contributed by atoms with Crippen molar-refractivity contribution in [2.75, 3.05) is 19.6 Å². The van der Waals surface area contributed by atoms with Gasteiger partial charge in [0.2, 0.25) is 0 Å². The van der Waals surface area contributed by atoms with E-state index in [1.165, 1.54) is 12.8 Å². The largest absolute Gasteiger partial charge is 0.481 e. The Labute approximate surface area is 117 Å². The molecule has 0 spiro atoms. The molecule has 8 heteroatoms. The number of nitrogens with zero attached hydrogens (tertiary/aromatic N) is 1. The first-order chi connectivity index (χ1) is 9.43. The molecule has 2 amide bonds. The molecule has 1 fully saturated rings. The maximum Gasteiger partial charge on any atom is 0.326 e. The molecule has 1 rings (SSSR count). The molecule has 1 aliphatic rings. The molecule has 4 N–H and O–H groups in total. The van der Waals surface area contributed by atoms with Crippen molar-refractivity contribution in [1.29, 1.82) is 0 Å². The van der Waals surface area contributed by atoms with Crippen LogP contribution in [-0.2, 0) is 9.59 Å². The summed E-state index contributed by atoms with van der Waals surface area (Å²) in [4.78, 5) is 35.0. The Morgan fingerprint density at radius 3 is 2.40 bits per heavy atom. The van der Waals surface area contributed by atoms with Crippen LogP contribution in [-0.4, -0.2) is 64.8 Å². The Balaban J connectivity index is 2.26. The second-order valence-corrected chi connectivity index (χ2v) is 4.75. The highest BCUT2D eigenvalue weighted by Crippen LogP contribution is 2.25. The summed E-state index contributed by atoms with van der Waals surface area (Å²) in [6, 6.07) is -1.48. The Morgan fingerprint density at radius 1 is 1.30 bits per heavy atom. The van der Waals surface area contributed by atoms with E-state index >= 15 is 0 Å². The maximum absolute atomic E-state index is 11.5. The molecule has 0 radical (unpaired) electrons. The second-order valence-electron chi connectivity index (χ2n) is 4.75. The number of hydrogen-bond acceptors (Lipinski definition) is 4. The number of carboxylic acid groups (broad SMARTS) is 2. The van der Waals surface area contributed by atoms with Gasteiger partial charge in [0.1, 0.15) is 6.04 Å². The lowest BCUT2D eigenvalue weighted by molar-refractivity contribution is -0.145. The number of likely N-dealkylation sites (N-methyl/N-ethyl adjacent to an activating group) is 1. The van der Waals surface area contributed by atoms with Crippen LogP contribution in [0.5, 0.6) is 0 Å². The average molecular weight is 287 g/mol. The summed E-state index contributed by atoms with van der Waals surface area (Å²) < 4.78 is 0. The monoisotopic (exact) mass is 287 g/mol. The second kappa shape index (κ2) is 7.68. The van der Waals surface area contributed by atoms with Gasteiger partial charge in [0.25, 0.3) is 0 Å². The number of carboxylic acids is 2. The van der Waals surface area contributed by atoms with Crippen molar-refractivity contribution >= 4 is 18.0 Å². The van der Waals surface area contributed by atoms with Crippen LogP contribution < -0.4 is 10.6 Å². The fourth-order valence-electron chi connectivity index (χ4n) is 1.94. The van der Waals surface area contributed by atoms with Crippen molar-refractivity contribution in [2.24, 2.45) is 0 Å². The normalized spacial score (nSPS) is 15.7. The van der Waals surface area contributed by atoms with Gasteiger partial charge in [-0.05, 0) is 19.4 Å². The van der Waals surface area contributed by atoms with Crippen molar-refractivity contribution in [3.05, 3.63) is 0 Å². The Hall–Kier alpha value is -1.83. The third-order valence-corrected chi connectivity index (χ3v) is 3.14. The predicted molar refractivity (Wildman–Crippen MR) is 70.5 cm³/mol. The number of carbonyl (C=O) groups is 3. The average Bonchev–Trinajstić information content (AvgIpc) is 3.17. The topological polar surface area (TPSA) is 119 Å².